The molecule has 1 aromatic carbocycles. The number of carbonyl (C=O) groups is 1. The van der Waals surface area contributed by atoms with Crippen molar-refractivity contribution in [3.05, 3.63) is 53.5 Å². The summed E-state index contributed by atoms with van der Waals surface area (Å²) in [6.07, 6.45) is 7.59. The molecule has 1 aromatic heterocycles. The fraction of sp³-hybridized carbons (Fsp3) is 0.500. The normalized spacial score (nSPS) is 21.2. The molecule has 0 radical (unpaired) electrons. The number of hydrogen-bond acceptors (Lipinski definition) is 3. The van der Waals surface area contributed by atoms with Gasteiger partial charge in [0.2, 0.25) is 5.91 Å². The van der Waals surface area contributed by atoms with E-state index in [1.807, 2.05) is 11.0 Å². The molecule has 1 unspecified atom stereocenters. The van der Waals surface area contributed by atoms with E-state index < -0.39 is 0 Å². The van der Waals surface area contributed by atoms with Gasteiger partial charge in [0, 0.05) is 25.4 Å². The van der Waals surface area contributed by atoms with Gasteiger partial charge in [0.05, 0.1) is 12.1 Å². The third kappa shape index (κ3) is 3.60. The van der Waals surface area contributed by atoms with E-state index >= 15 is 0 Å². The Hall–Kier alpha value is -2.17. The Balaban J connectivity index is 1.38. The summed E-state index contributed by atoms with van der Waals surface area (Å²) in [5, 5.41) is 0. The molecule has 1 saturated heterocycles. The average Bonchev–Trinajstić information content (AvgIpc) is 3.35. The molecule has 2 aliphatic rings. The van der Waals surface area contributed by atoms with Crippen LogP contribution in [-0.2, 0) is 11.2 Å². The van der Waals surface area contributed by atoms with Crippen LogP contribution in [0.25, 0.3) is 0 Å². The first-order valence-corrected chi connectivity index (χ1v) is 9.17. The Bertz CT molecular complexity index is 752. The van der Waals surface area contributed by atoms with Gasteiger partial charge >= 0.3 is 0 Å². The maximum Gasteiger partial charge on any atom is 0.225 e. The summed E-state index contributed by atoms with van der Waals surface area (Å²) >= 11 is 0. The topological polar surface area (TPSA) is 46.3 Å². The molecule has 1 saturated carbocycles. The van der Waals surface area contributed by atoms with E-state index in [1.165, 1.54) is 25.0 Å². The first-order chi connectivity index (χ1) is 12.2. The molecule has 4 nitrogen and oxygen atoms in total. The van der Waals surface area contributed by atoms with Gasteiger partial charge in [-0.3, -0.25) is 4.79 Å². The number of carbonyl (C=O) groups excluding carboxylic acids is 1. The summed E-state index contributed by atoms with van der Waals surface area (Å²) in [4.78, 5) is 18.9. The molecule has 1 aliphatic heterocycles. The van der Waals surface area contributed by atoms with Gasteiger partial charge in [0.15, 0.2) is 5.89 Å². The van der Waals surface area contributed by atoms with Crippen LogP contribution in [0.3, 0.4) is 0 Å². The van der Waals surface area contributed by atoms with Gasteiger partial charge in [-0.15, -0.1) is 0 Å². The van der Waals surface area contributed by atoms with Gasteiger partial charge in [-0.05, 0) is 37.0 Å². The number of nitrogens with zero attached hydrogens (tertiary/aromatic N) is 2. The van der Waals surface area contributed by atoms with Gasteiger partial charge in [0.25, 0.3) is 0 Å². The van der Waals surface area contributed by atoms with Crippen molar-refractivity contribution >= 4 is 5.91 Å². The van der Waals surface area contributed by atoms with Crippen molar-refractivity contribution in [2.45, 2.75) is 44.4 Å². The second-order valence-electron chi connectivity index (χ2n) is 7.22. The highest BCUT2D eigenvalue weighted by atomic mass is 19.1. The highest BCUT2D eigenvalue weighted by Crippen LogP contribution is 2.32. The van der Waals surface area contributed by atoms with Crippen LogP contribution < -0.4 is 0 Å². The van der Waals surface area contributed by atoms with Crippen LogP contribution >= 0.6 is 0 Å². The van der Waals surface area contributed by atoms with Crippen molar-refractivity contribution < 1.29 is 13.6 Å². The van der Waals surface area contributed by atoms with Crippen molar-refractivity contribution in [2.24, 2.45) is 5.92 Å². The number of rotatable bonds is 4. The van der Waals surface area contributed by atoms with Gasteiger partial charge in [-0.25, -0.2) is 9.37 Å². The molecule has 0 N–H and O–H groups in total. The molecule has 0 bridgehead atoms. The van der Waals surface area contributed by atoms with Crippen LogP contribution in [-0.4, -0.2) is 28.9 Å². The Morgan fingerprint density at radius 1 is 1.28 bits per heavy atom. The summed E-state index contributed by atoms with van der Waals surface area (Å²) in [5.41, 5.74) is 0.868. The quantitative estimate of drug-likeness (QED) is 0.846. The number of likely N-dealkylation sites (tertiary alicyclic amines) is 1. The van der Waals surface area contributed by atoms with Gasteiger partial charge in [-0.2, -0.15) is 0 Å². The number of aromatic nitrogens is 1. The smallest absolute Gasteiger partial charge is 0.225 e. The summed E-state index contributed by atoms with van der Waals surface area (Å²) in [6, 6.07) is 6.53. The number of halogens is 1. The van der Waals surface area contributed by atoms with Crippen molar-refractivity contribution in [1.82, 2.24) is 9.88 Å². The van der Waals surface area contributed by atoms with E-state index in [1.54, 1.807) is 12.3 Å². The molecule has 0 spiro atoms. The lowest BCUT2D eigenvalue weighted by Crippen LogP contribution is -2.33. The molecular formula is C20H23FN2O2. The predicted octanol–water partition coefficient (Wildman–Crippen LogP) is 3.91. The molecule has 1 aliphatic carbocycles. The Labute approximate surface area is 147 Å². The van der Waals surface area contributed by atoms with Crippen LogP contribution in [0.5, 0.6) is 0 Å². The first kappa shape index (κ1) is 16.3. The Morgan fingerprint density at radius 3 is 2.92 bits per heavy atom. The van der Waals surface area contributed by atoms with Crippen molar-refractivity contribution in [3.63, 3.8) is 0 Å². The van der Waals surface area contributed by atoms with E-state index in [0.29, 0.717) is 24.8 Å². The zero-order valence-electron chi connectivity index (χ0n) is 14.3. The minimum Gasteiger partial charge on any atom is -0.445 e. The lowest BCUT2D eigenvalue weighted by Gasteiger charge is -2.19. The van der Waals surface area contributed by atoms with Crippen LogP contribution in [0.2, 0.25) is 0 Å². The van der Waals surface area contributed by atoms with Crippen LogP contribution in [0, 0.1) is 11.7 Å². The maximum atomic E-state index is 13.3. The second-order valence-corrected chi connectivity index (χ2v) is 7.22. The summed E-state index contributed by atoms with van der Waals surface area (Å²) in [5.74, 6) is 1.91. The standard InChI is InChI=1S/C20H23FN2O2/c21-17-7-3-4-14(10-17)11-18-12-22-19(25-18)16-8-9-23(13-16)20(24)15-5-1-2-6-15/h3-4,7,10,12,15-16H,1-2,5-6,8-9,11,13H2. The molecule has 1 amide bonds. The molecular weight excluding hydrogens is 319 g/mol. The third-order valence-corrected chi connectivity index (χ3v) is 5.39. The number of hydrogen-bond donors (Lipinski definition) is 0. The number of amides is 1. The fourth-order valence-corrected chi connectivity index (χ4v) is 4.03. The second kappa shape index (κ2) is 6.98. The zero-order valence-corrected chi connectivity index (χ0v) is 14.3. The van der Waals surface area contributed by atoms with Crippen molar-refractivity contribution in [3.8, 4) is 0 Å². The lowest BCUT2D eigenvalue weighted by molar-refractivity contribution is -0.134. The van der Waals surface area contributed by atoms with E-state index in [4.69, 9.17) is 4.42 Å². The fourth-order valence-electron chi connectivity index (χ4n) is 4.03. The minimum absolute atomic E-state index is 0.173. The van der Waals surface area contributed by atoms with E-state index in [-0.39, 0.29) is 17.7 Å². The monoisotopic (exact) mass is 342 g/mol. The van der Waals surface area contributed by atoms with Crippen LogP contribution in [0.15, 0.2) is 34.9 Å². The highest BCUT2D eigenvalue weighted by molar-refractivity contribution is 5.79. The van der Waals surface area contributed by atoms with Gasteiger partial charge in [-0.1, -0.05) is 25.0 Å². The third-order valence-electron chi connectivity index (χ3n) is 5.39. The molecule has 132 valence electrons. The molecule has 25 heavy (non-hydrogen) atoms. The average molecular weight is 342 g/mol. The SMILES string of the molecule is O=C(C1CCCC1)N1CCC(c2ncc(Cc3cccc(F)c3)o2)C1. The zero-order chi connectivity index (χ0) is 17.2. The summed E-state index contributed by atoms with van der Waals surface area (Å²) in [6.45, 7) is 1.50. The highest BCUT2D eigenvalue weighted by Gasteiger charge is 2.34. The molecule has 2 heterocycles. The van der Waals surface area contributed by atoms with E-state index in [2.05, 4.69) is 4.98 Å². The van der Waals surface area contributed by atoms with Crippen molar-refractivity contribution in [1.29, 1.82) is 0 Å². The summed E-state index contributed by atoms with van der Waals surface area (Å²) < 4.78 is 19.2. The number of oxazole rings is 1. The van der Waals surface area contributed by atoms with Crippen LogP contribution in [0.4, 0.5) is 4.39 Å². The van der Waals surface area contributed by atoms with E-state index in [9.17, 15) is 9.18 Å². The lowest BCUT2D eigenvalue weighted by atomic mass is 10.1. The molecule has 1 atom stereocenters. The summed E-state index contributed by atoms with van der Waals surface area (Å²) in [7, 11) is 0. The Kier molecular flexibility index (Phi) is 4.55. The largest absolute Gasteiger partial charge is 0.445 e. The van der Waals surface area contributed by atoms with Crippen molar-refractivity contribution in [2.75, 3.05) is 13.1 Å². The number of benzene rings is 1. The van der Waals surface area contributed by atoms with Gasteiger partial charge < -0.3 is 9.32 Å². The molecule has 5 heteroatoms. The predicted molar refractivity (Wildman–Crippen MR) is 91.6 cm³/mol. The minimum atomic E-state index is -0.242. The van der Waals surface area contributed by atoms with Gasteiger partial charge in [0.1, 0.15) is 11.6 Å². The maximum absolute atomic E-state index is 13.3. The van der Waals surface area contributed by atoms with E-state index in [0.717, 1.165) is 37.1 Å². The van der Waals surface area contributed by atoms with Crippen LogP contribution in [0.1, 0.15) is 55.2 Å². The Morgan fingerprint density at radius 2 is 2.12 bits per heavy atom. The first-order valence-electron chi connectivity index (χ1n) is 9.17. The molecule has 4 rings (SSSR count). The molecule has 2 aromatic rings. The molecule has 2 fully saturated rings.